The van der Waals surface area contributed by atoms with Crippen molar-refractivity contribution in [2.24, 2.45) is 5.92 Å². The summed E-state index contributed by atoms with van der Waals surface area (Å²) < 4.78 is 11.1. The maximum Gasteiger partial charge on any atom is 0.123 e. The minimum atomic E-state index is 0. The van der Waals surface area contributed by atoms with Crippen LogP contribution in [0.3, 0.4) is 0 Å². The fourth-order valence-corrected chi connectivity index (χ4v) is 4.05. The molecule has 1 atom stereocenters. The molecule has 0 aromatic heterocycles. The number of rotatable bonds is 5. The zero-order valence-corrected chi connectivity index (χ0v) is 16.3. The fraction of sp³-hybridized carbons (Fsp3) is 0.667. The summed E-state index contributed by atoms with van der Waals surface area (Å²) in [7, 11) is 3.51. The van der Waals surface area contributed by atoms with Gasteiger partial charge in [0.05, 0.1) is 14.2 Å². The molecule has 1 saturated carbocycles. The monoisotopic (exact) mass is 376 g/mol. The topological polar surface area (TPSA) is 33.7 Å². The second-order valence-corrected chi connectivity index (χ2v) is 6.38. The largest absolute Gasteiger partial charge is 0.497 e. The summed E-state index contributed by atoms with van der Waals surface area (Å²) in [6.07, 6.45) is 5.38. The van der Waals surface area contributed by atoms with Crippen LogP contribution < -0.4 is 14.8 Å². The van der Waals surface area contributed by atoms with Gasteiger partial charge in [-0.3, -0.25) is 4.90 Å². The molecule has 1 N–H and O–H groups in total. The summed E-state index contributed by atoms with van der Waals surface area (Å²) in [6, 6.07) is 6.68. The first-order valence-corrected chi connectivity index (χ1v) is 8.50. The summed E-state index contributed by atoms with van der Waals surface area (Å²) in [4.78, 5) is 2.64. The molecule has 138 valence electrons. The van der Waals surface area contributed by atoms with E-state index >= 15 is 0 Å². The van der Waals surface area contributed by atoms with Gasteiger partial charge in [-0.25, -0.2) is 0 Å². The summed E-state index contributed by atoms with van der Waals surface area (Å²) >= 11 is 0. The predicted octanol–water partition coefficient (Wildman–Crippen LogP) is 3.68. The van der Waals surface area contributed by atoms with Gasteiger partial charge in [0.2, 0.25) is 0 Å². The molecular weight excluding hydrogens is 347 g/mol. The van der Waals surface area contributed by atoms with E-state index in [9.17, 15) is 0 Å². The van der Waals surface area contributed by atoms with Gasteiger partial charge in [0.15, 0.2) is 0 Å². The molecule has 1 aromatic rings. The molecule has 3 rings (SSSR count). The van der Waals surface area contributed by atoms with Crippen molar-refractivity contribution in [3.8, 4) is 11.5 Å². The highest BCUT2D eigenvalue weighted by molar-refractivity contribution is 5.85. The number of hydrogen-bond acceptors (Lipinski definition) is 4. The summed E-state index contributed by atoms with van der Waals surface area (Å²) in [5.41, 5.74) is 1.30. The number of nitrogens with one attached hydrogen (secondary N) is 1. The molecule has 0 spiro atoms. The lowest BCUT2D eigenvalue weighted by Crippen LogP contribution is -2.46. The average molecular weight is 377 g/mol. The van der Waals surface area contributed by atoms with Gasteiger partial charge >= 0.3 is 0 Å². The Morgan fingerprint density at radius 2 is 1.71 bits per heavy atom. The van der Waals surface area contributed by atoms with Crippen LogP contribution in [0.25, 0.3) is 0 Å². The van der Waals surface area contributed by atoms with Crippen LogP contribution >= 0.6 is 24.8 Å². The lowest BCUT2D eigenvalue weighted by atomic mass is 9.89. The maximum absolute atomic E-state index is 5.68. The molecule has 1 heterocycles. The van der Waals surface area contributed by atoms with Crippen LogP contribution in [0.2, 0.25) is 0 Å². The highest BCUT2D eigenvalue weighted by Gasteiger charge is 2.33. The Balaban J connectivity index is 0.00000144. The number of piperazine rings is 1. The van der Waals surface area contributed by atoms with Gasteiger partial charge in [0.25, 0.3) is 0 Å². The Bertz CT molecular complexity index is 490. The molecule has 1 saturated heterocycles. The van der Waals surface area contributed by atoms with Crippen molar-refractivity contribution < 1.29 is 9.47 Å². The molecule has 2 aliphatic rings. The molecule has 2 fully saturated rings. The Morgan fingerprint density at radius 1 is 1.04 bits per heavy atom. The molecule has 0 amide bonds. The van der Waals surface area contributed by atoms with Crippen molar-refractivity contribution in [1.29, 1.82) is 0 Å². The first-order valence-electron chi connectivity index (χ1n) is 8.50. The molecule has 4 nitrogen and oxygen atoms in total. The fourth-order valence-electron chi connectivity index (χ4n) is 4.05. The number of nitrogens with zero attached hydrogens (tertiary/aromatic N) is 1. The molecule has 6 heteroatoms. The Morgan fingerprint density at radius 3 is 2.29 bits per heavy atom. The second kappa shape index (κ2) is 10.3. The van der Waals surface area contributed by atoms with Gasteiger partial charge in [-0.2, -0.15) is 0 Å². The van der Waals surface area contributed by atoms with Gasteiger partial charge in [-0.15, -0.1) is 24.8 Å². The van der Waals surface area contributed by atoms with Gasteiger partial charge < -0.3 is 14.8 Å². The molecule has 1 aromatic carbocycles. The summed E-state index contributed by atoms with van der Waals surface area (Å²) in [5.74, 6) is 2.66. The van der Waals surface area contributed by atoms with Gasteiger partial charge in [-0.1, -0.05) is 12.8 Å². The van der Waals surface area contributed by atoms with E-state index in [-0.39, 0.29) is 24.8 Å². The Labute approximate surface area is 158 Å². The van der Waals surface area contributed by atoms with Crippen molar-refractivity contribution in [2.75, 3.05) is 40.4 Å². The number of halogens is 2. The quantitative estimate of drug-likeness (QED) is 0.849. The normalized spacial score (nSPS) is 19.9. The van der Waals surface area contributed by atoms with Gasteiger partial charge in [0, 0.05) is 37.8 Å². The zero-order chi connectivity index (χ0) is 15.4. The SMILES string of the molecule is COc1ccc(OC)c([C@H](C2CCCC2)N2CCNCC2)c1.Cl.Cl. The smallest absolute Gasteiger partial charge is 0.123 e. The third-order valence-corrected chi connectivity index (χ3v) is 5.15. The standard InChI is InChI=1S/C18H28N2O2.2ClH/c1-21-15-7-8-17(22-2)16(13-15)18(14-5-3-4-6-14)20-11-9-19-10-12-20;;/h7-8,13-14,18-19H,3-6,9-12H2,1-2H3;2*1H/t18-;;/m0../s1. The number of methoxy groups -OCH3 is 2. The summed E-state index contributed by atoms with van der Waals surface area (Å²) in [5, 5.41) is 3.47. The highest BCUT2D eigenvalue weighted by Crippen LogP contribution is 2.43. The van der Waals surface area contributed by atoms with Crippen molar-refractivity contribution in [2.45, 2.75) is 31.7 Å². The van der Waals surface area contributed by atoms with Gasteiger partial charge in [-0.05, 0) is 37.0 Å². The van der Waals surface area contributed by atoms with E-state index in [1.807, 2.05) is 6.07 Å². The first-order chi connectivity index (χ1) is 10.8. The molecule has 0 radical (unpaired) electrons. The van der Waals surface area contributed by atoms with Crippen molar-refractivity contribution in [3.63, 3.8) is 0 Å². The molecule has 1 aliphatic carbocycles. The van der Waals surface area contributed by atoms with Crippen molar-refractivity contribution in [3.05, 3.63) is 23.8 Å². The minimum Gasteiger partial charge on any atom is -0.497 e. The Hall–Kier alpha value is -0.680. The van der Waals surface area contributed by atoms with Crippen LogP contribution in [0.1, 0.15) is 37.3 Å². The molecule has 0 unspecified atom stereocenters. The molecular formula is C18H30Cl2N2O2. The van der Waals surface area contributed by atoms with E-state index < -0.39 is 0 Å². The average Bonchev–Trinajstić information content (AvgIpc) is 3.10. The second-order valence-electron chi connectivity index (χ2n) is 6.38. The van der Waals surface area contributed by atoms with E-state index in [0.717, 1.165) is 43.6 Å². The van der Waals surface area contributed by atoms with E-state index in [1.165, 1.54) is 31.2 Å². The van der Waals surface area contributed by atoms with Gasteiger partial charge in [0.1, 0.15) is 11.5 Å². The van der Waals surface area contributed by atoms with Crippen LogP contribution in [0.5, 0.6) is 11.5 Å². The number of ether oxygens (including phenoxy) is 2. The lowest BCUT2D eigenvalue weighted by Gasteiger charge is -2.39. The van der Waals surface area contributed by atoms with Crippen molar-refractivity contribution in [1.82, 2.24) is 10.2 Å². The predicted molar refractivity (Wildman–Crippen MR) is 103 cm³/mol. The van der Waals surface area contributed by atoms with E-state index in [1.54, 1.807) is 14.2 Å². The molecule has 0 bridgehead atoms. The number of hydrogen-bond donors (Lipinski definition) is 1. The van der Waals surface area contributed by atoms with Crippen LogP contribution in [-0.2, 0) is 0 Å². The summed E-state index contributed by atoms with van der Waals surface area (Å²) in [6.45, 7) is 4.38. The Kier molecular flexibility index (Phi) is 9.21. The van der Waals surface area contributed by atoms with Crippen LogP contribution in [0, 0.1) is 5.92 Å². The van der Waals surface area contributed by atoms with Crippen LogP contribution in [0.4, 0.5) is 0 Å². The highest BCUT2D eigenvalue weighted by atomic mass is 35.5. The third kappa shape index (κ3) is 4.69. The molecule has 1 aliphatic heterocycles. The minimum absolute atomic E-state index is 0. The zero-order valence-electron chi connectivity index (χ0n) is 14.6. The number of benzene rings is 1. The molecule has 24 heavy (non-hydrogen) atoms. The van der Waals surface area contributed by atoms with E-state index in [2.05, 4.69) is 22.3 Å². The van der Waals surface area contributed by atoms with Crippen molar-refractivity contribution >= 4 is 24.8 Å². The van der Waals surface area contributed by atoms with E-state index in [4.69, 9.17) is 9.47 Å². The first kappa shape index (κ1) is 21.4. The van der Waals surface area contributed by atoms with E-state index in [0.29, 0.717) is 6.04 Å². The van der Waals surface area contributed by atoms with Crippen LogP contribution in [-0.4, -0.2) is 45.3 Å². The third-order valence-electron chi connectivity index (χ3n) is 5.15. The van der Waals surface area contributed by atoms with Crippen LogP contribution in [0.15, 0.2) is 18.2 Å². The maximum atomic E-state index is 5.68. The lowest BCUT2D eigenvalue weighted by molar-refractivity contribution is 0.123.